The molecule has 1 aliphatic rings. The van der Waals surface area contributed by atoms with E-state index in [1.54, 1.807) is 14.1 Å². The summed E-state index contributed by atoms with van der Waals surface area (Å²) in [6, 6.07) is -0.463. The quantitative estimate of drug-likeness (QED) is 0.698. The third kappa shape index (κ3) is 3.34. The summed E-state index contributed by atoms with van der Waals surface area (Å²) < 4.78 is 0. The number of piperidine rings is 1. The highest BCUT2D eigenvalue weighted by Crippen LogP contribution is 2.09. The predicted octanol–water partition coefficient (Wildman–Crippen LogP) is -0.298. The van der Waals surface area contributed by atoms with Crippen molar-refractivity contribution < 1.29 is 14.4 Å². The SMILES string of the molecule is CN(C)C(=O)CC[C@@H]1NC(=O)CCC1=O. The van der Waals surface area contributed by atoms with Crippen molar-refractivity contribution in [1.82, 2.24) is 10.2 Å². The molecule has 1 heterocycles. The molecule has 1 N–H and O–H groups in total. The Hall–Kier alpha value is -1.39. The standard InChI is InChI=1S/C10H16N2O3/c1-12(2)10(15)6-3-7-8(13)4-5-9(14)11-7/h7H,3-6H2,1-2H3,(H,11,14)/t7-/m0/s1. The molecule has 1 fully saturated rings. The number of hydrogen-bond acceptors (Lipinski definition) is 3. The Morgan fingerprint density at radius 1 is 1.40 bits per heavy atom. The highest BCUT2D eigenvalue weighted by molar-refractivity contribution is 5.95. The van der Waals surface area contributed by atoms with Crippen molar-refractivity contribution in [2.75, 3.05) is 14.1 Å². The van der Waals surface area contributed by atoms with E-state index in [0.29, 0.717) is 19.3 Å². The molecule has 1 rings (SSSR count). The predicted molar refractivity (Wildman–Crippen MR) is 54.1 cm³/mol. The summed E-state index contributed by atoms with van der Waals surface area (Å²) in [5, 5.41) is 2.60. The molecule has 0 aromatic carbocycles. The van der Waals surface area contributed by atoms with Crippen LogP contribution < -0.4 is 5.32 Å². The Bertz CT molecular complexity index is 286. The van der Waals surface area contributed by atoms with Crippen LogP contribution in [-0.4, -0.2) is 42.6 Å². The van der Waals surface area contributed by atoms with Gasteiger partial charge in [0.1, 0.15) is 0 Å². The van der Waals surface area contributed by atoms with Gasteiger partial charge >= 0.3 is 0 Å². The van der Waals surface area contributed by atoms with E-state index in [1.165, 1.54) is 4.90 Å². The zero-order valence-corrected chi connectivity index (χ0v) is 9.08. The molecule has 1 atom stereocenters. The fraction of sp³-hybridized carbons (Fsp3) is 0.700. The number of carbonyl (C=O) groups is 3. The van der Waals surface area contributed by atoms with E-state index in [-0.39, 0.29) is 24.0 Å². The summed E-state index contributed by atoms with van der Waals surface area (Å²) in [5.41, 5.74) is 0. The lowest BCUT2D eigenvalue weighted by Crippen LogP contribution is -2.45. The first-order valence-electron chi connectivity index (χ1n) is 5.03. The molecule has 0 saturated carbocycles. The van der Waals surface area contributed by atoms with Crippen molar-refractivity contribution in [3.8, 4) is 0 Å². The molecule has 0 unspecified atom stereocenters. The van der Waals surface area contributed by atoms with Gasteiger partial charge in [-0.2, -0.15) is 0 Å². The Labute approximate surface area is 88.8 Å². The van der Waals surface area contributed by atoms with Crippen LogP contribution in [0.4, 0.5) is 0 Å². The highest BCUT2D eigenvalue weighted by Gasteiger charge is 2.26. The molecule has 84 valence electrons. The summed E-state index contributed by atoms with van der Waals surface area (Å²) in [6.45, 7) is 0. The summed E-state index contributed by atoms with van der Waals surface area (Å²) >= 11 is 0. The van der Waals surface area contributed by atoms with E-state index in [4.69, 9.17) is 0 Å². The monoisotopic (exact) mass is 212 g/mol. The van der Waals surface area contributed by atoms with Crippen LogP contribution in [0.3, 0.4) is 0 Å². The second-order valence-corrected chi connectivity index (χ2v) is 3.91. The van der Waals surface area contributed by atoms with Crippen LogP contribution in [-0.2, 0) is 14.4 Å². The first-order valence-corrected chi connectivity index (χ1v) is 5.03. The lowest BCUT2D eigenvalue weighted by Gasteiger charge is -2.22. The molecule has 1 aliphatic heterocycles. The molecule has 1 saturated heterocycles. The molecule has 0 radical (unpaired) electrons. The van der Waals surface area contributed by atoms with Gasteiger partial charge in [-0.15, -0.1) is 0 Å². The third-order valence-electron chi connectivity index (χ3n) is 2.47. The number of Topliss-reactive ketones (excluding diaryl/α,β-unsaturated/α-hetero) is 1. The molecule has 0 spiro atoms. The Balaban J connectivity index is 2.40. The maximum atomic E-state index is 11.4. The Kier molecular flexibility index (Phi) is 3.82. The highest BCUT2D eigenvalue weighted by atomic mass is 16.2. The average molecular weight is 212 g/mol. The number of amides is 2. The Morgan fingerprint density at radius 3 is 2.67 bits per heavy atom. The number of rotatable bonds is 3. The van der Waals surface area contributed by atoms with Gasteiger partial charge in [-0.1, -0.05) is 0 Å². The van der Waals surface area contributed by atoms with E-state index in [1.807, 2.05) is 0 Å². The van der Waals surface area contributed by atoms with Gasteiger partial charge in [0.15, 0.2) is 5.78 Å². The van der Waals surface area contributed by atoms with Gasteiger partial charge in [0.2, 0.25) is 11.8 Å². The topological polar surface area (TPSA) is 66.5 Å². The van der Waals surface area contributed by atoms with Crippen molar-refractivity contribution in [2.24, 2.45) is 0 Å². The van der Waals surface area contributed by atoms with Crippen molar-refractivity contribution in [1.29, 1.82) is 0 Å². The van der Waals surface area contributed by atoms with Gasteiger partial charge in [0.25, 0.3) is 0 Å². The minimum atomic E-state index is -0.463. The lowest BCUT2D eigenvalue weighted by atomic mass is 9.98. The zero-order valence-electron chi connectivity index (χ0n) is 9.08. The first kappa shape index (κ1) is 11.7. The van der Waals surface area contributed by atoms with Crippen LogP contribution in [0.15, 0.2) is 0 Å². The van der Waals surface area contributed by atoms with Crippen LogP contribution in [0.1, 0.15) is 25.7 Å². The van der Waals surface area contributed by atoms with E-state index >= 15 is 0 Å². The van der Waals surface area contributed by atoms with Crippen LogP contribution >= 0.6 is 0 Å². The Morgan fingerprint density at radius 2 is 2.07 bits per heavy atom. The third-order valence-corrected chi connectivity index (χ3v) is 2.47. The fourth-order valence-corrected chi connectivity index (χ4v) is 1.48. The number of carbonyl (C=O) groups excluding carboxylic acids is 3. The van der Waals surface area contributed by atoms with Gasteiger partial charge < -0.3 is 10.2 Å². The van der Waals surface area contributed by atoms with Gasteiger partial charge in [-0.3, -0.25) is 14.4 Å². The minimum absolute atomic E-state index is 0.0253. The molecule has 2 amide bonds. The van der Waals surface area contributed by atoms with Crippen molar-refractivity contribution in [3.05, 3.63) is 0 Å². The smallest absolute Gasteiger partial charge is 0.222 e. The minimum Gasteiger partial charge on any atom is -0.349 e. The first-order chi connectivity index (χ1) is 7.00. The van der Waals surface area contributed by atoms with Crippen LogP contribution in [0.5, 0.6) is 0 Å². The molecule has 0 aromatic heterocycles. The van der Waals surface area contributed by atoms with Gasteiger partial charge in [-0.25, -0.2) is 0 Å². The maximum absolute atomic E-state index is 11.4. The number of hydrogen-bond donors (Lipinski definition) is 1. The number of ketones is 1. The molecular formula is C10H16N2O3. The summed E-state index contributed by atoms with van der Waals surface area (Å²) in [7, 11) is 3.34. The van der Waals surface area contributed by atoms with E-state index in [0.717, 1.165) is 0 Å². The van der Waals surface area contributed by atoms with E-state index in [2.05, 4.69) is 5.32 Å². The van der Waals surface area contributed by atoms with E-state index < -0.39 is 6.04 Å². The largest absolute Gasteiger partial charge is 0.349 e. The molecular weight excluding hydrogens is 196 g/mol. The fourth-order valence-electron chi connectivity index (χ4n) is 1.48. The average Bonchev–Trinajstić information content (AvgIpc) is 2.18. The molecule has 0 bridgehead atoms. The van der Waals surface area contributed by atoms with Crippen LogP contribution in [0.2, 0.25) is 0 Å². The zero-order chi connectivity index (χ0) is 11.4. The maximum Gasteiger partial charge on any atom is 0.222 e. The molecule has 0 aliphatic carbocycles. The van der Waals surface area contributed by atoms with Crippen LogP contribution in [0.25, 0.3) is 0 Å². The summed E-state index contributed by atoms with van der Waals surface area (Å²) in [5.74, 6) is -0.0966. The van der Waals surface area contributed by atoms with Crippen LogP contribution in [0, 0.1) is 0 Å². The van der Waals surface area contributed by atoms with Gasteiger partial charge in [0, 0.05) is 33.4 Å². The second-order valence-electron chi connectivity index (χ2n) is 3.91. The van der Waals surface area contributed by atoms with Gasteiger partial charge in [-0.05, 0) is 6.42 Å². The molecule has 15 heavy (non-hydrogen) atoms. The number of nitrogens with zero attached hydrogens (tertiary/aromatic N) is 1. The lowest BCUT2D eigenvalue weighted by molar-refractivity contribution is -0.134. The second kappa shape index (κ2) is 4.91. The molecule has 5 nitrogen and oxygen atoms in total. The molecule has 5 heteroatoms. The summed E-state index contributed by atoms with van der Waals surface area (Å²) in [4.78, 5) is 35.2. The van der Waals surface area contributed by atoms with Crippen molar-refractivity contribution >= 4 is 17.6 Å². The van der Waals surface area contributed by atoms with Crippen molar-refractivity contribution in [2.45, 2.75) is 31.7 Å². The van der Waals surface area contributed by atoms with Crippen molar-refractivity contribution in [3.63, 3.8) is 0 Å². The van der Waals surface area contributed by atoms with E-state index in [9.17, 15) is 14.4 Å². The normalized spacial score (nSPS) is 21.1. The van der Waals surface area contributed by atoms with Gasteiger partial charge in [0.05, 0.1) is 6.04 Å². The molecule has 0 aromatic rings. The summed E-state index contributed by atoms with van der Waals surface area (Å²) in [6.07, 6.45) is 1.27. The number of nitrogens with one attached hydrogen (secondary N) is 1.